The molecule has 0 radical (unpaired) electrons. The van der Waals surface area contributed by atoms with Crippen LogP contribution in [0.25, 0.3) is 0 Å². The van der Waals surface area contributed by atoms with Crippen molar-refractivity contribution in [2.24, 2.45) is 5.92 Å². The number of aryl methyl sites for hydroxylation is 1. The predicted molar refractivity (Wildman–Crippen MR) is 141 cm³/mol. The first-order valence-electron chi connectivity index (χ1n) is 14.0. The zero-order valence-electron chi connectivity index (χ0n) is 22.8. The van der Waals surface area contributed by atoms with E-state index >= 15 is 0 Å². The van der Waals surface area contributed by atoms with E-state index in [1.54, 1.807) is 18.2 Å². The van der Waals surface area contributed by atoms with Crippen LogP contribution in [0, 0.1) is 11.7 Å². The molecular formula is C31H35F5N2O2. The molecule has 1 saturated heterocycles. The molecule has 3 atom stereocenters. The first kappa shape index (κ1) is 28.6. The van der Waals surface area contributed by atoms with Crippen molar-refractivity contribution in [3.05, 3.63) is 70.5 Å². The number of nitrogens with one attached hydrogen (secondary N) is 1. The Morgan fingerprint density at radius 1 is 1.00 bits per heavy atom. The van der Waals surface area contributed by atoms with Gasteiger partial charge in [0.2, 0.25) is 17.5 Å². The van der Waals surface area contributed by atoms with Crippen LogP contribution >= 0.6 is 0 Å². The van der Waals surface area contributed by atoms with Gasteiger partial charge in [0.15, 0.2) is 0 Å². The average Bonchev–Trinajstić information content (AvgIpc) is 3.28. The van der Waals surface area contributed by atoms with Crippen LogP contribution in [0.2, 0.25) is 0 Å². The highest BCUT2D eigenvalue weighted by Gasteiger charge is 2.56. The lowest BCUT2D eigenvalue weighted by Crippen LogP contribution is -2.51. The molecule has 1 saturated carbocycles. The van der Waals surface area contributed by atoms with Crippen molar-refractivity contribution in [2.75, 3.05) is 6.54 Å². The number of hydrogen-bond donors (Lipinski definition) is 1. The maximum Gasteiger partial charge on any atom is 0.426 e. The summed E-state index contributed by atoms with van der Waals surface area (Å²) in [4.78, 5) is 27.2. The molecule has 5 rings (SSSR count). The van der Waals surface area contributed by atoms with Crippen molar-refractivity contribution in [1.29, 1.82) is 0 Å². The number of alkyl halides is 4. The zero-order chi connectivity index (χ0) is 28.9. The topological polar surface area (TPSA) is 49.4 Å². The Labute approximate surface area is 231 Å². The molecule has 2 aromatic carbocycles. The highest BCUT2D eigenvalue weighted by atomic mass is 19.4. The molecule has 216 valence electrons. The number of nitrogens with zero attached hydrogens (tertiary/aromatic N) is 1. The lowest BCUT2D eigenvalue weighted by molar-refractivity contribution is -0.228. The number of halogens is 5. The maximum atomic E-state index is 14.9. The number of rotatable bonds is 5. The van der Waals surface area contributed by atoms with Gasteiger partial charge in [0.25, 0.3) is 0 Å². The predicted octanol–water partition coefficient (Wildman–Crippen LogP) is 6.30. The Hall–Kier alpha value is -2.97. The second-order valence-corrected chi connectivity index (χ2v) is 11.9. The molecule has 40 heavy (non-hydrogen) atoms. The quantitative estimate of drug-likeness (QED) is 0.435. The summed E-state index contributed by atoms with van der Waals surface area (Å²) >= 11 is 0. The van der Waals surface area contributed by atoms with Gasteiger partial charge in [0.05, 0.1) is 0 Å². The number of fused-ring (bicyclic) bond motifs is 3. The molecule has 1 unspecified atom stereocenters. The SMILES string of the molecule is CC(=O)N[C@H]1CC[C@H](C(=O)N2CC[C@@]3(Cc4ccc(F)cc4)c4ccc(C(C)(F)C(F)(F)F)cc4CC[C@@H]23)CC1. The number of likely N-dealkylation sites (tertiary alicyclic amines) is 1. The van der Waals surface area contributed by atoms with E-state index in [1.807, 2.05) is 4.90 Å². The summed E-state index contributed by atoms with van der Waals surface area (Å²) in [5, 5.41) is 2.94. The number of carbonyl (C=O) groups is 2. The molecule has 0 spiro atoms. The minimum atomic E-state index is -5.04. The number of carbonyl (C=O) groups excluding carboxylic acids is 2. The summed E-state index contributed by atoms with van der Waals surface area (Å²) < 4.78 is 69.1. The Morgan fingerprint density at radius 2 is 1.68 bits per heavy atom. The van der Waals surface area contributed by atoms with Gasteiger partial charge < -0.3 is 10.2 Å². The fourth-order valence-electron chi connectivity index (χ4n) is 7.26. The fourth-order valence-corrected chi connectivity index (χ4v) is 7.26. The molecule has 2 amide bonds. The van der Waals surface area contributed by atoms with Crippen LogP contribution in [0.5, 0.6) is 0 Å². The molecule has 4 nitrogen and oxygen atoms in total. The third-order valence-electron chi connectivity index (χ3n) is 9.42. The minimum absolute atomic E-state index is 0.0753. The monoisotopic (exact) mass is 562 g/mol. The van der Waals surface area contributed by atoms with E-state index in [-0.39, 0.29) is 35.6 Å². The van der Waals surface area contributed by atoms with E-state index in [1.165, 1.54) is 31.2 Å². The van der Waals surface area contributed by atoms with Crippen molar-refractivity contribution in [1.82, 2.24) is 10.2 Å². The Kier molecular flexibility index (Phi) is 7.46. The van der Waals surface area contributed by atoms with Gasteiger partial charge >= 0.3 is 6.18 Å². The standard InChI is InChI=1S/C31H35F5N2O2/c1-19(39)37-25-11-5-21(6-12-25)28(40)38-16-15-30(18-20-3-9-24(32)10-4-20)26-13-8-23(29(2,33)31(34,35)36)17-22(26)7-14-27(30)38/h3-4,8-10,13,17,21,25,27H,5-7,11-12,14-16,18H2,1-2H3,(H,37,39)/t21-,25-,27-,29?,30-/m1/s1. The highest BCUT2D eigenvalue weighted by Crippen LogP contribution is 2.51. The Morgan fingerprint density at radius 3 is 2.30 bits per heavy atom. The third-order valence-corrected chi connectivity index (χ3v) is 9.42. The van der Waals surface area contributed by atoms with E-state index in [0.717, 1.165) is 24.0 Å². The van der Waals surface area contributed by atoms with Gasteiger partial charge in [-0.25, -0.2) is 8.78 Å². The second kappa shape index (κ2) is 10.5. The van der Waals surface area contributed by atoms with Gasteiger partial charge in [0.1, 0.15) is 5.82 Å². The van der Waals surface area contributed by atoms with Crippen LogP contribution in [-0.2, 0) is 33.5 Å². The lowest BCUT2D eigenvalue weighted by Gasteiger charge is -2.45. The van der Waals surface area contributed by atoms with E-state index in [4.69, 9.17) is 0 Å². The Bertz CT molecular complexity index is 1270. The molecule has 0 aromatic heterocycles. The van der Waals surface area contributed by atoms with Gasteiger partial charge in [-0.1, -0.05) is 30.3 Å². The van der Waals surface area contributed by atoms with Crippen LogP contribution in [0.1, 0.15) is 74.6 Å². The maximum absolute atomic E-state index is 14.9. The number of hydrogen-bond acceptors (Lipinski definition) is 2. The summed E-state index contributed by atoms with van der Waals surface area (Å²) in [6.45, 7) is 2.55. The number of amides is 2. The number of benzene rings is 2. The van der Waals surface area contributed by atoms with Crippen LogP contribution in [0.3, 0.4) is 0 Å². The molecule has 1 N–H and O–H groups in total. The Balaban J connectivity index is 1.46. The first-order chi connectivity index (χ1) is 18.8. The van der Waals surface area contributed by atoms with E-state index in [2.05, 4.69) is 5.32 Å². The second-order valence-electron chi connectivity index (χ2n) is 11.9. The molecule has 2 aliphatic carbocycles. The van der Waals surface area contributed by atoms with Crippen LogP contribution in [-0.4, -0.2) is 41.5 Å². The normalized spacial score (nSPS) is 27.9. The summed E-state index contributed by atoms with van der Waals surface area (Å²) in [5.74, 6) is -0.499. The van der Waals surface area contributed by atoms with Crippen molar-refractivity contribution in [3.63, 3.8) is 0 Å². The fraction of sp³-hybridized carbons (Fsp3) is 0.548. The highest BCUT2D eigenvalue weighted by molar-refractivity contribution is 5.80. The summed E-state index contributed by atoms with van der Waals surface area (Å²) in [6.07, 6.45) is -0.0969. The molecule has 2 fully saturated rings. The van der Waals surface area contributed by atoms with Crippen molar-refractivity contribution in [2.45, 2.75) is 94.6 Å². The van der Waals surface area contributed by atoms with E-state index < -0.39 is 22.8 Å². The molecule has 9 heteroatoms. The van der Waals surface area contributed by atoms with Crippen molar-refractivity contribution >= 4 is 11.8 Å². The summed E-state index contributed by atoms with van der Waals surface area (Å²) in [6, 6.07) is 10.3. The lowest BCUT2D eigenvalue weighted by atomic mass is 9.63. The van der Waals surface area contributed by atoms with Crippen LogP contribution < -0.4 is 5.32 Å². The molecule has 1 aliphatic heterocycles. The van der Waals surface area contributed by atoms with Gasteiger partial charge in [-0.3, -0.25) is 9.59 Å². The molecule has 2 aromatic rings. The zero-order valence-corrected chi connectivity index (χ0v) is 22.8. The van der Waals surface area contributed by atoms with E-state index in [9.17, 15) is 31.5 Å². The summed E-state index contributed by atoms with van der Waals surface area (Å²) in [5.41, 5.74) is -2.07. The van der Waals surface area contributed by atoms with Gasteiger partial charge in [-0.05, 0) is 92.7 Å². The summed E-state index contributed by atoms with van der Waals surface area (Å²) in [7, 11) is 0. The van der Waals surface area contributed by atoms with Gasteiger partial charge in [-0.2, -0.15) is 13.2 Å². The van der Waals surface area contributed by atoms with Crippen LogP contribution in [0.15, 0.2) is 42.5 Å². The van der Waals surface area contributed by atoms with Crippen LogP contribution in [0.4, 0.5) is 22.0 Å². The minimum Gasteiger partial charge on any atom is -0.354 e. The van der Waals surface area contributed by atoms with Crippen molar-refractivity contribution in [3.8, 4) is 0 Å². The molecule has 0 bridgehead atoms. The smallest absolute Gasteiger partial charge is 0.354 e. The third kappa shape index (κ3) is 5.12. The molecule has 3 aliphatic rings. The van der Waals surface area contributed by atoms with Crippen molar-refractivity contribution < 1.29 is 31.5 Å². The largest absolute Gasteiger partial charge is 0.426 e. The van der Waals surface area contributed by atoms with E-state index in [0.29, 0.717) is 57.6 Å². The van der Waals surface area contributed by atoms with Gasteiger partial charge in [0, 0.05) is 36.9 Å². The molecular weight excluding hydrogens is 527 g/mol. The first-order valence-corrected chi connectivity index (χ1v) is 14.0. The molecule has 1 heterocycles. The van der Waals surface area contributed by atoms with Gasteiger partial charge in [-0.15, -0.1) is 0 Å². The average molecular weight is 563 g/mol.